The maximum absolute atomic E-state index is 5.84. The Bertz CT molecular complexity index is 447. The summed E-state index contributed by atoms with van der Waals surface area (Å²) in [6, 6.07) is 0. The van der Waals surface area contributed by atoms with E-state index in [1.54, 1.807) is 6.33 Å². The van der Waals surface area contributed by atoms with Crippen LogP contribution in [0.1, 0.15) is 44.9 Å². The molecule has 1 aromatic heterocycles. The molecule has 0 atom stereocenters. The molecule has 4 nitrogen and oxygen atoms in total. The summed E-state index contributed by atoms with van der Waals surface area (Å²) in [4.78, 5) is 10.7. The predicted octanol–water partition coefficient (Wildman–Crippen LogP) is 3.37. The summed E-state index contributed by atoms with van der Waals surface area (Å²) in [7, 11) is 0. The molecule has 1 aliphatic heterocycles. The number of aromatic nitrogens is 2. The van der Waals surface area contributed by atoms with Gasteiger partial charge in [-0.3, -0.25) is 0 Å². The molecule has 2 heterocycles. The Labute approximate surface area is 122 Å². The summed E-state index contributed by atoms with van der Waals surface area (Å²) in [6.45, 7) is 2.18. The second-order valence-electron chi connectivity index (χ2n) is 5.94. The number of piperidine rings is 1. The third-order valence-corrected chi connectivity index (χ3v) is 5.60. The number of anilines is 2. The summed E-state index contributed by atoms with van der Waals surface area (Å²) in [6.07, 6.45) is 11.3. The average molecular weight is 325 g/mol. The molecule has 2 fully saturated rings. The fourth-order valence-electron chi connectivity index (χ4n) is 3.59. The molecule has 2 N–H and O–H groups in total. The Hall–Kier alpha value is -0.840. The zero-order valence-electron chi connectivity index (χ0n) is 11.2. The van der Waals surface area contributed by atoms with Gasteiger partial charge in [0.15, 0.2) is 0 Å². The van der Waals surface area contributed by atoms with Crippen LogP contribution in [0.2, 0.25) is 0 Å². The molecular weight excluding hydrogens is 304 g/mol. The quantitative estimate of drug-likeness (QED) is 0.860. The summed E-state index contributed by atoms with van der Waals surface area (Å²) in [5.74, 6) is 1.49. The second kappa shape index (κ2) is 5.27. The normalized spacial score (nSPS) is 22.7. The van der Waals surface area contributed by atoms with Crippen LogP contribution in [0.15, 0.2) is 10.8 Å². The Morgan fingerprint density at radius 1 is 1.05 bits per heavy atom. The first-order valence-electron chi connectivity index (χ1n) is 7.21. The Kier molecular flexibility index (Phi) is 3.65. The Balaban J connectivity index is 1.71. The van der Waals surface area contributed by atoms with E-state index in [1.807, 2.05) is 0 Å². The van der Waals surface area contributed by atoms with Crippen LogP contribution in [0.25, 0.3) is 0 Å². The van der Waals surface area contributed by atoms with Crippen LogP contribution in [0, 0.1) is 5.41 Å². The summed E-state index contributed by atoms with van der Waals surface area (Å²) < 4.78 is 0.842. The minimum Gasteiger partial charge on any atom is -0.383 e. The van der Waals surface area contributed by atoms with E-state index in [4.69, 9.17) is 5.73 Å². The molecule has 1 aliphatic carbocycles. The molecule has 0 radical (unpaired) electrons. The molecule has 104 valence electrons. The van der Waals surface area contributed by atoms with Crippen molar-refractivity contribution in [1.29, 1.82) is 0 Å². The van der Waals surface area contributed by atoms with Crippen LogP contribution >= 0.6 is 15.9 Å². The van der Waals surface area contributed by atoms with Crippen molar-refractivity contribution in [1.82, 2.24) is 9.97 Å². The number of hydrogen-bond acceptors (Lipinski definition) is 4. The van der Waals surface area contributed by atoms with E-state index in [2.05, 4.69) is 30.8 Å². The van der Waals surface area contributed by atoms with Crippen LogP contribution in [0.3, 0.4) is 0 Å². The molecule has 19 heavy (non-hydrogen) atoms. The highest BCUT2D eigenvalue weighted by Gasteiger charge is 2.36. The van der Waals surface area contributed by atoms with E-state index < -0.39 is 0 Å². The van der Waals surface area contributed by atoms with E-state index >= 15 is 0 Å². The molecule has 0 aromatic carbocycles. The van der Waals surface area contributed by atoms with Crippen LogP contribution in [0.5, 0.6) is 0 Å². The molecule has 2 aliphatic rings. The zero-order valence-corrected chi connectivity index (χ0v) is 12.8. The van der Waals surface area contributed by atoms with Crippen molar-refractivity contribution in [2.24, 2.45) is 5.41 Å². The van der Waals surface area contributed by atoms with Gasteiger partial charge >= 0.3 is 0 Å². The smallest absolute Gasteiger partial charge is 0.148 e. The van der Waals surface area contributed by atoms with Crippen molar-refractivity contribution in [3.05, 3.63) is 10.8 Å². The molecule has 1 saturated heterocycles. The lowest BCUT2D eigenvalue weighted by Gasteiger charge is -2.44. The van der Waals surface area contributed by atoms with Gasteiger partial charge in [0.05, 0.1) is 0 Å². The summed E-state index contributed by atoms with van der Waals surface area (Å²) in [5.41, 5.74) is 6.46. The molecular formula is C14H21BrN4. The summed E-state index contributed by atoms with van der Waals surface area (Å²) >= 11 is 3.51. The fraction of sp³-hybridized carbons (Fsp3) is 0.714. The van der Waals surface area contributed by atoms with Gasteiger partial charge in [-0.05, 0) is 47.0 Å². The van der Waals surface area contributed by atoms with Gasteiger partial charge in [0.25, 0.3) is 0 Å². The molecule has 5 heteroatoms. The number of hydrogen-bond donors (Lipinski definition) is 1. The van der Waals surface area contributed by atoms with E-state index in [9.17, 15) is 0 Å². The molecule has 1 saturated carbocycles. The van der Waals surface area contributed by atoms with Crippen molar-refractivity contribution in [2.75, 3.05) is 23.7 Å². The van der Waals surface area contributed by atoms with Crippen LogP contribution in [-0.4, -0.2) is 23.1 Å². The topological polar surface area (TPSA) is 55.0 Å². The maximum Gasteiger partial charge on any atom is 0.148 e. The van der Waals surface area contributed by atoms with Crippen molar-refractivity contribution in [3.63, 3.8) is 0 Å². The largest absolute Gasteiger partial charge is 0.383 e. The van der Waals surface area contributed by atoms with Gasteiger partial charge in [-0.15, -0.1) is 0 Å². The number of halogens is 1. The monoisotopic (exact) mass is 324 g/mol. The van der Waals surface area contributed by atoms with Crippen molar-refractivity contribution >= 4 is 27.6 Å². The third-order valence-electron chi connectivity index (χ3n) is 4.84. The van der Waals surface area contributed by atoms with Gasteiger partial charge in [-0.1, -0.05) is 19.3 Å². The van der Waals surface area contributed by atoms with Crippen molar-refractivity contribution in [2.45, 2.75) is 44.9 Å². The van der Waals surface area contributed by atoms with Gasteiger partial charge in [0, 0.05) is 13.1 Å². The van der Waals surface area contributed by atoms with Gasteiger partial charge in [0.2, 0.25) is 0 Å². The summed E-state index contributed by atoms with van der Waals surface area (Å²) in [5, 5.41) is 0. The van der Waals surface area contributed by atoms with E-state index in [1.165, 1.54) is 44.9 Å². The highest BCUT2D eigenvalue weighted by atomic mass is 79.9. The first-order chi connectivity index (χ1) is 9.20. The van der Waals surface area contributed by atoms with E-state index in [0.717, 1.165) is 23.4 Å². The van der Waals surface area contributed by atoms with E-state index in [-0.39, 0.29) is 0 Å². The molecule has 0 unspecified atom stereocenters. The standard InChI is InChI=1S/C14H21BrN4/c15-11-12(16)17-10-18-13(11)19-8-6-14(7-9-19)4-2-1-3-5-14/h10H,1-9H2,(H2,16,17,18). The van der Waals surface area contributed by atoms with Crippen LogP contribution in [0.4, 0.5) is 11.6 Å². The second-order valence-corrected chi connectivity index (χ2v) is 6.74. The highest BCUT2D eigenvalue weighted by Crippen LogP contribution is 2.45. The molecule has 0 bridgehead atoms. The fourth-order valence-corrected chi connectivity index (χ4v) is 4.04. The lowest BCUT2D eigenvalue weighted by Crippen LogP contribution is -2.41. The van der Waals surface area contributed by atoms with Gasteiger partial charge < -0.3 is 10.6 Å². The maximum atomic E-state index is 5.84. The lowest BCUT2D eigenvalue weighted by atomic mass is 9.68. The van der Waals surface area contributed by atoms with Crippen LogP contribution in [-0.2, 0) is 0 Å². The molecule has 1 spiro atoms. The van der Waals surface area contributed by atoms with Crippen molar-refractivity contribution < 1.29 is 0 Å². The van der Waals surface area contributed by atoms with Crippen molar-refractivity contribution in [3.8, 4) is 0 Å². The third kappa shape index (κ3) is 2.57. The zero-order chi connectivity index (χ0) is 13.3. The SMILES string of the molecule is Nc1ncnc(N2CCC3(CCCCC3)CC2)c1Br. The number of nitrogen functional groups attached to an aromatic ring is 1. The first kappa shape index (κ1) is 13.2. The molecule has 0 amide bonds. The van der Waals surface area contributed by atoms with Gasteiger partial charge in [-0.2, -0.15) is 0 Å². The highest BCUT2D eigenvalue weighted by molar-refractivity contribution is 9.10. The van der Waals surface area contributed by atoms with Crippen LogP contribution < -0.4 is 10.6 Å². The Morgan fingerprint density at radius 2 is 1.74 bits per heavy atom. The minimum absolute atomic E-state index is 0.531. The number of nitrogens with zero attached hydrogens (tertiary/aromatic N) is 3. The molecule has 3 rings (SSSR count). The average Bonchev–Trinajstić information content (AvgIpc) is 2.44. The number of nitrogens with two attached hydrogens (primary N) is 1. The minimum atomic E-state index is 0.531. The first-order valence-corrected chi connectivity index (χ1v) is 8.00. The predicted molar refractivity (Wildman–Crippen MR) is 81.1 cm³/mol. The van der Waals surface area contributed by atoms with Gasteiger partial charge in [0.1, 0.15) is 22.4 Å². The lowest BCUT2D eigenvalue weighted by molar-refractivity contribution is 0.144. The van der Waals surface area contributed by atoms with Gasteiger partial charge in [-0.25, -0.2) is 9.97 Å². The Morgan fingerprint density at radius 3 is 2.42 bits per heavy atom. The van der Waals surface area contributed by atoms with E-state index in [0.29, 0.717) is 11.2 Å². The molecule has 1 aromatic rings. The number of rotatable bonds is 1.